The number of allylic oxidation sites excluding steroid dienone is 4. The lowest BCUT2D eigenvalue weighted by Gasteiger charge is -1.97. The van der Waals surface area contributed by atoms with Crippen LogP contribution in [0.2, 0.25) is 0 Å². The molecule has 0 bridgehead atoms. The highest BCUT2D eigenvalue weighted by atomic mass is 13.9. The molecule has 0 spiro atoms. The third kappa shape index (κ3) is 11.5. The first-order valence-corrected chi connectivity index (χ1v) is 6.02. The second-order valence-corrected chi connectivity index (χ2v) is 3.67. The van der Waals surface area contributed by atoms with E-state index < -0.39 is 0 Å². The minimum absolute atomic E-state index is 1.10. The molecule has 0 heteroatoms. The largest absolute Gasteiger partial charge is 0.0848 e. The highest BCUT2D eigenvalue weighted by molar-refractivity contribution is 5.01. The molecule has 81 valence electrons. The monoisotopic (exact) mass is 193 g/mol. The molecule has 0 aromatic carbocycles. The van der Waals surface area contributed by atoms with Gasteiger partial charge in [0.25, 0.3) is 0 Å². The molecule has 0 rings (SSSR count). The fourth-order valence-electron chi connectivity index (χ4n) is 1.36. The third-order valence-electron chi connectivity index (χ3n) is 2.24. The molecule has 0 saturated carbocycles. The molecule has 1 radical (unpaired) electrons. The fraction of sp³-hybridized carbons (Fsp3) is 0.643. The molecule has 0 saturated heterocycles. The van der Waals surface area contributed by atoms with Gasteiger partial charge in [-0.2, -0.15) is 0 Å². The van der Waals surface area contributed by atoms with Gasteiger partial charge in [0.05, 0.1) is 0 Å². The highest BCUT2D eigenvalue weighted by Gasteiger charge is 1.87. The number of unbranched alkanes of at least 4 members (excludes halogenated alkanes) is 6. The van der Waals surface area contributed by atoms with Crippen molar-refractivity contribution in [1.82, 2.24) is 0 Å². The summed E-state index contributed by atoms with van der Waals surface area (Å²) in [5.41, 5.74) is 0. The lowest BCUT2D eigenvalue weighted by Crippen LogP contribution is -1.77. The summed E-state index contributed by atoms with van der Waals surface area (Å²) in [6, 6.07) is 0. The summed E-state index contributed by atoms with van der Waals surface area (Å²) in [4.78, 5) is 0. The van der Waals surface area contributed by atoms with Crippen LogP contribution in [-0.4, -0.2) is 0 Å². The first-order chi connectivity index (χ1) is 6.91. The van der Waals surface area contributed by atoms with Gasteiger partial charge in [-0.05, 0) is 19.3 Å². The van der Waals surface area contributed by atoms with Crippen molar-refractivity contribution < 1.29 is 0 Å². The third-order valence-corrected chi connectivity index (χ3v) is 2.24. The average Bonchev–Trinajstić information content (AvgIpc) is 2.21. The summed E-state index contributed by atoms with van der Waals surface area (Å²) < 4.78 is 0. The quantitative estimate of drug-likeness (QED) is 0.354. The van der Waals surface area contributed by atoms with Crippen LogP contribution in [0.25, 0.3) is 0 Å². The molecule has 0 amide bonds. The van der Waals surface area contributed by atoms with Gasteiger partial charge in [-0.1, -0.05) is 70.3 Å². The van der Waals surface area contributed by atoms with Crippen LogP contribution in [0.4, 0.5) is 0 Å². The Bertz CT molecular complexity index is 142. The Morgan fingerprint density at radius 2 is 1.50 bits per heavy atom. The molecule has 0 nitrogen and oxygen atoms in total. The molecular weight excluding hydrogens is 168 g/mol. The maximum atomic E-state index is 3.84. The molecule has 0 atom stereocenters. The van der Waals surface area contributed by atoms with E-state index in [0.717, 1.165) is 12.8 Å². The average molecular weight is 193 g/mol. The molecule has 0 N–H and O–H groups in total. The predicted octanol–water partition coefficient (Wildman–Crippen LogP) is 5.07. The van der Waals surface area contributed by atoms with E-state index in [1.807, 2.05) is 0 Å². The van der Waals surface area contributed by atoms with Gasteiger partial charge in [-0.15, -0.1) is 0 Å². The van der Waals surface area contributed by atoms with Gasteiger partial charge in [-0.3, -0.25) is 0 Å². The van der Waals surface area contributed by atoms with E-state index in [-0.39, 0.29) is 0 Å². The summed E-state index contributed by atoms with van der Waals surface area (Å²) in [6.07, 6.45) is 19.0. The van der Waals surface area contributed by atoms with E-state index in [1.54, 1.807) is 0 Å². The Balaban J connectivity index is 3.05. The lowest BCUT2D eigenvalue weighted by molar-refractivity contribution is 0.621. The molecule has 0 aromatic rings. The normalized spacial score (nSPS) is 11.9. The summed E-state index contributed by atoms with van der Waals surface area (Å²) in [6.45, 7) is 6.00. The van der Waals surface area contributed by atoms with Crippen LogP contribution >= 0.6 is 0 Å². The Kier molecular flexibility index (Phi) is 12.0. The van der Waals surface area contributed by atoms with Crippen LogP contribution in [0.3, 0.4) is 0 Å². The van der Waals surface area contributed by atoms with Gasteiger partial charge in [0, 0.05) is 0 Å². The maximum Gasteiger partial charge on any atom is -0.0348 e. The van der Waals surface area contributed by atoms with Gasteiger partial charge in [0.15, 0.2) is 0 Å². The summed E-state index contributed by atoms with van der Waals surface area (Å²) in [7, 11) is 0. The van der Waals surface area contributed by atoms with Gasteiger partial charge in [-0.25, -0.2) is 0 Å². The van der Waals surface area contributed by atoms with Crippen LogP contribution < -0.4 is 0 Å². The Hall–Kier alpha value is -0.520. The van der Waals surface area contributed by atoms with Gasteiger partial charge < -0.3 is 0 Å². The topological polar surface area (TPSA) is 0 Å². The molecular formula is C14H25. The van der Waals surface area contributed by atoms with Crippen LogP contribution in [0.5, 0.6) is 0 Å². The maximum absolute atomic E-state index is 3.84. The van der Waals surface area contributed by atoms with E-state index in [2.05, 4.69) is 38.2 Å². The van der Waals surface area contributed by atoms with Gasteiger partial charge >= 0.3 is 0 Å². The minimum Gasteiger partial charge on any atom is -0.0848 e. The second-order valence-electron chi connectivity index (χ2n) is 3.67. The SMILES string of the molecule is [CH2]CCCCCCC/C=C\C=C/CC. The predicted molar refractivity (Wildman–Crippen MR) is 66.2 cm³/mol. The second kappa shape index (κ2) is 12.5. The van der Waals surface area contributed by atoms with Crippen molar-refractivity contribution in [3.05, 3.63) is 31.2 Å². The van der Waals surface area contributed by atoms with Crippen molar-refractivity contribution in [2.24, 2.45) is 0 Å². The van der Waals surface area contributed by atoms with Gasteiger partial charge in [0.1, 0.15) is 0 Å². The molecule has 0 aliphatic carbocycles. The zero-order valence-corrected chi connectivity index (χ0v) is 9.67. The highest BCUT2D eigenvalue weighted by Crippen LogP contribution is 2.06. The lowest BCUT2D eigenvalue weighted by atomic mass is 10.1. The van der Waals surface area contributed by atoms with E-state index in [0.29, 0.717) is 0 Å². The molecule has 0 aliphatic heterocycles. The van der Waals surface area contributed by atoms with Crippen LogP contribution in [0.15, 0.2) is 24.3 Å². The number of hydrogen-bond acceptors (Lipinski definition) is 0. The van der Waals surface area contributed by atoms with Crippen molar-refractivity contribution in [2.75, 3.05) is 0 Å². The molecule has 0 heterocycles. The first kappa shape index (κ1) is 13.5. The number of rotatable bonds is 9. The molecule has 0 fully saturated rings. The Morgan fingerprint density at radius 3 is 2.21 bits per heavy atom. The first-order valence-electron chi connectivity index (χ1n) is 6.02. The summed E-state index contributed by atoms with van der Waals surface area (Å²) in [5, 5.41) is 0. The minimum atomic E-state index is 1.10. The van der Waals surface area contributed by atoms with Crippen LogP contribution in [0.1, 0.15) is 58.3 Å². The zero-order chi connectivity index (χ0) is 10.5. The van der Waals surface area contributed by atoms with Crippen molar-refractivity contribution in [2.45, 2.75) is 58.3 Å². The fourth-order valence-corrected chi connectivity index (χ4v) is 1.36. The van der Waals surface area contributed by atoms with E-state index in [1.165, 1.54) is 38.5 Å². The van der Waals surface area contributed by atoms with Crippen molar-refractivity contribution in [1.29, 1.82) is 0 Å². The Labute approximate surface area is 90.1 Å². The van der Waals surface area contributed by atoms with Crippen molar-refractivity contribution in [3.8, 4) is 0 Å². The van der Waals surface area contributed by atoms with Crippen molar-refractivity contribution in [3.63, 3.8) is 0 Å². The standard InChI is InChI=1S/C14H25/c1-3-5-7-9-11-13-14-12-10-8-6-4-2/h6,8,10,12H,1,3-5,7,9,11,13-14H2,2H3/b8-6-,12-10-. The van der Waals surface area contributed by atoms with Crippen LogP contribution in [-0.2, 0) is 0 Å². The van der Waals surface area contributed by atoms with Gasteiger partial charge in [0.2, 0.25) is 0 Å². The summed E-state index contributed by atoms with van der Waals surface area (Å²) >= 11 is 0. The Morgan fingerprint density at radius 1 is 0.857 bits per heavy atom. The van der Waals surface area contributed by atoms with E-state index in [4.69, 9.17) is 0 Å². The molecule has 14 heavy (non-hydrogen) atoms. The van der Waals surface area contributed by atoms with E-state index >= 15 is 0 Å². The summed E-state index contributed by atoms with van der Waals surface area (Å²) in [5.74, 6) is 0. The molecule has 0 unspecified atom stereocenters. The van der Waals surface area contributed by atoms with Crippen molar-refractivity contribution >= 4 is 0 Å². The zero-order valence-electron chi connectivity index (χ0n) is 9.67. The number of hydrogen-bond donors (Lipinski definition) is 0. The molecule has 0 aromatic heterocycles. The molecule has 0 aliphatic rings. The smallest absolute Gasteiger partial charge is 0.0348 e. The van der Waals surface area contributed by atoms with E-state index in [9.17, 15) is 0 Å². The van der Waals surface area contributed by atoms with Crippen LogP contribution in [0, 0.1) is 6.92 Å².